The molecule has 1 N–H and O–H groups in total. The number of likely N-dealkylation sites (N-methyl/N-ethyl adjacent to an activating group) is 1. The summed E-state index contributed by atoms with van der Waals surface area (Å²) in [5.41, 5.74) is 0. The predicted molar refractivity (Wildman–Crippen MR) is 115 cm³/mol. The zero-order valence-electron chi connectivity index (χ0n) is 15.6. The molecule has 2 heterocycles. The fraction of sp³-hybridized carbons (Fsp3) is 0.474. The number of nitrogens with one attached hydrogen (secondary N) is 1. The van der Waals surface area contributed by atoms with Gasteiger partial charge in [0.05, 0.1) is 10.9 Å². The van der Waals surface area contributed by atoms with Gasteiger partial charge in [0.2, 0.25) is 10.0 Å². The molecule has 0 saturated carbocycles. The number of halogens is 1. The van der Waals surface area contributed by atoms with E-state index in [0.29, 0.717) is 4.90 Å². The van der Waals surface area contributed by atoms with E-state index < -0.39 is 10.0 Å². The highest BCUT2D eigenvalue weighted by Crippen LogP contribution is 2.30. The molecular formula is C19H26BrN3O2S2. The van der Waals surface area contributed by atoms with Crippen molar-refractivity contribution in [3.8, 4) is 0 Å². The van der Waals surface area contributed by atoms with E-state index >= 15 is 0 Å². The molecule has 2 aromatic rings. The van der Waals surface area contributed by atoms with Crippen LogP contribution in [0.3, 0.4) is 0 Å². The smallest absolute Gasteiger partial charge is 0.240 e. The summed E-state index contributed by atoms with van der Waals surface area (Å²) in [7, 11) is -3.57. The first-order valence-corrected chi connectivity index (χ1v) is 12.3. The van der Waals surface area contributed by atoms with Crippen molar-refractivity contribution < 1.29 is 8.42 Å². The molecule has 5 nitrogen and oxygen atoms in total. The van der Waals surface area contributed by atoms with Gasteiger partial charge in [0.1, 0.15) is 0 Å². The lowest BCUT2D eigenvalue weighted by molar-refractivity contribution is 0.0888. The van der Waals surface area contributed by atoms with Crippen molar-refractivity contribution in [3.05, 3.63) is 51.1 Å². The van der Waals surface area contributed by atoms with Gasteiger partial charge in [-0.15, -0.1) is 11.3 Å². The first-order chi connectivity index (χ1) is 12.9. The van der Waals surface area contributed by atoms with Crippen LogP contribution in [0.15, 0.2) is 51.1 Å². The lowest BCUT2D eigenvalue weighted by atomic mass is 10.1. The topological polar surface area (TPSA) is 52.6 Å². The summed E-state index contributed by atoms with van der Waals surface area (Å²) in [6.07, 6.45) is 0. The fourth-order valence-corrected chi connectivity index (χ4v) is 6.03. The molecule has 3 rings (SSSR count). The second-order valence-corrected chi connectivity index (χ2v) is 10.4. The van der Waals surface area contributed by atoms with E-state index in [4.69, 9.17) is 0 Å². The lowest BCUT2D eigenvalue weighted by Gasteiger charge is -2.41. The van der Waals surface area contributed by atoms with Gasteiger partial charge < -0.3 is 4.90 Å². The number of rotatable bonds is 7. The molecule has 2 atom stereocenters. The van der Waals surface area contributed by atoms with Gasteiger partial charge in [-0.3, -0.25) is 4.90 Å². The Hall–Kier alpha value is -0.770. The van der Waals surface area contributed by atoms with Gasteiger partial charge >= 0.3 is 0 Å². The number of hydrogen-bond acceptors (Lipinski definition) is 5. The summed E-state index contributed by atoms with van der Waals surface area (Å²) in [6.45, 7) is 9.13. The molecule has 1 aliphatic heterocycles. The van der Waals surface area contributed by atoms with Gasteiger partial charge in [-0.2, -0.15) is 0 Å². The Morgan fingerprint density at radius 3 is 2.37 bits per heavy atom. The molecule has 1 fully saturated rings. The van der Waals surface area contributed by atoms with Gasteiger partial charge in [0, 0.05) is 41.6 Å². The number of piperazine rings is 1. The Labute approximate surface area is 174 Å². The third-order valence-corrected chi connectivity index (χ3v) is 8.07. The zero-order valence-corrected chi connectivity index (χ0v) is 18.9. The van der Waals surface area contributed by atoms with E-state index in [1.165, 1.54) is 4.88 Å². The van der Waals surface area contributed by atoms with Crippen molar-refractivity contribution in [2.45, 2.75) is 30.8 Å². The van der Waals surface area contributed by atoms with Crippen LogP contribution in [0.4, 0.5) is 0 Å². The second-order valence-electron chi connectivity index (χ2n) is 6.79. The summed E-state index contributed by atoms with van der Waals surface area (Å²) >= 11 is 5.04. The SMILES string of the molecule is CCN1CCN([C@@H](c2cccs2)[C@H](C)NS(=O)(=O)c2ccc(Br)cc2)CC1. The van der Waals surface area contributed by atoms with E-state index in [9.17, 15) is 8.42 Å². The third kappa shape index (κ3) is 5.19. The van der Waals surface area contributed by atoms with Crippen LogP contribution in [0.25, 0.3) is 0 Å². The molecule has 1 aromatic carbocycles. The molecule has 0 spiro atoms. The van der Waals surface area contributed by atoms with Gasteiger partial charge in [-0.25, -0.2) is 13.1 Å². The first kappa shape index (κ1) is 21.0. The largest absolute Gasteiger partial charge is 0.301 e. The van der Waals surface area contributed by atoms with Crippen molar-refractivity contribution in [3.63, 3.8) is 0 Å². The minimum Gasteiger partial charge on any atom is -0.301 e. The summed E-state index contributed by atoms with van der Waals surface area (Å²) in [5, 5.41) is 2.06. The van der Waals surface area contributed by atoms with E-state index in [1.807, 2.05) is 13.0 Å². The molecule has 0 bridgehead atoms. The Morgan fingerprint density at radius 1 is 1.15 bits per heavy atom. The Balaban J connectivity index is 1.79. The zero-order chi connectivity index (χ0) is 19.4. The number of benzene rings is 1. The standard InChI is InChI=1S/C19H26BrN3O2S2/c1-3-22-10-12-23(13-11-22)19(18-5-4-14-26-18)15(2)21-27(24,25)17-8-6-16(20)7-9-17/h4-9,14-15,19,21H,3,10-13H2,1-2H3/t15-,19+/m0/s1. The maximum absolute atomic E-state index is 12.9. The van der Waals surface area contributed by atoms with Crippen molar-refractivity contribution in [1.82, 2.24) is 14.5 Å². The molecule has 0 aliphatic carbocycles. The van der Waals surface area contributed by atoms with E-state index in [1.54, 1.807) is 35.6 Å². The highest BCUT2D eigenvalue weighted by Gasteiger charge is 2.32. The van der Waals surface area contributed by atoms with Crippen LogP contribution in [0.5, 0.6) is 0 Å². The number of hydrogen-bond donors (Lipinski definition) is 1. The molecule has 1 aromatic heterocycles. The van der Waals surface area contributed by atoms with E-state index in [2.05, 4.69) is 48.8 Å². The lowest BCUT2D eigenvalue weighted by Crippen LogP contribution is -2.52. The maximum Gasteiger partial charge on any atom is 0.240 e. The average Bonchev–Trinajstić information content (AvgIpc) is 3.16. The quantitative estimate of drug-likeness (QED) is 0.670. The monoisotopic (exact) mass is 471 g/mol. The molecule has 148 valence electrons. The molecular weight excluding hydrogens is 446 g/mol. The molecule has 0 unspecified atom stereocenters. The molecule has 0 amide bonds. The normalized spacial score (nSPS) is 19.1. The van der Waals surface area contributed by atoms with Gasteiger partial charge in [0.25, 0.3) is 0 Å². The Bertz CT molecular complexity index is 817. The molecule has 0 radical (unpaired) electrons. The minimum absolute atomic E-state index is 0.0363. The van der Waals surface area contributed by atoms with Gasteiger partial charge in [-0.05, 0) is 49.2 Å². The van der Waals surface area contributed by atoms with Gasteiger partial charge in [-0.1, -0.05) is 28.9 Å². The highest BCUT2D eigenvalue weighted by atomic mass is 79.9. The highest BCUT2D eigenvalue weighted by molar-refractivity contribution is 9.10. The van der Waals surface area contributed by atoms with Crippen molar-refractivity contribution in [2.24, 2.45) is 0 Å². The first-order valence-electron chi connectivity index (χ1n) is 9.18. The average molecular weight is 472 g/mol. The Morgan fingerprint density at radius 2 is 1.81 bits per heavy atom. The van der Waals surface area contributed by atoms with E-state index in [-0.39, 0.29) is 12.1 Å². The van der Waals surface area contributed by atoms with Crippen LogP contribution < -0.4 is 4.72 Å². The summed E-state index contributed by atoms with van der Waals surface area (Å²) < 4.78 is 29.5. The maximum atomic E-state index is 12.9. The number of sulfonamides is 1. The number of nitrogens with zero attached hydrogens (tertiary/aromatic N) is 2. The van der Waals surface area contributed by atoms with E-state index in [0.717, 1.165) is 37.2 Å². The Kier molecular flexibility index (Phi) is 7.10. The van der Waals surface area contributed by atoms with Crippen molar-refractivity contribution in [2.75, 3.05) is 32.7 Å². The third-order valence-electron chi connectivity index (χ3n) is 5.02. The molecule has 8 heteroatoms. The summed E-state index contributed by atoms with van der Waals surface area (Å²) in [4.78, 5) is 6.33. The fourth-order valence-electron chi connectivity index (χ4n) is 3.55. The molecule has 27 heavy (non-hydrogen) atoms. The van der Waals surface area contributed by atoms with Crippen molar-refractivity contribution in [1.29, 1.82) is 0 Å². The van der Waals surface area contributed by atoms with Gasteiger partial charge in [0.15, 0.2) is 0 Å². The van der Waals surface area contributed by atoms with Crippen LogP contribution in [0.1, 0.15) is 24.8 Å². The van der Waals surface area contributed by atoms with Crippen LogP contribution in [0, 0.1) is 0 Å². The van der Waals surface area contributed by atoms with Crippen LogP contribution in [-0.4, -0.2) is 57.0 Å². The van der Waals surface area contributed by atoms with Crippen LogP contribution in [0.2, 0.25) is 0 Å². The summed E-state index contributed by atoms with van der Waals surface area (Å²) in [5.74, 6) is 0. The minimum atomic E-state index is -3.57. The molecule has 1 saturated heterocycles. The van der Waals surface area contributed by atoms with Crippen LogP contribution >= 0.6 is 27.3 Å². The number of thiophene rings is 1. The summed E-state index contributed by atoms with van der Waals surface area (Å²) in [6, 6.07) is 10.7. The second kappa shape index (κ2) is 9.15. The predicted octanol–water partition coefficient (Wildman–Crippen LogP) is 3.56. The van der Waals surface area contributed by atoms with Crippen molar-refractivity contribution >= 4 is 37.3 Å². The molecule has 1 aliphatic rings. The van der Waals surface area contributed by atoms with Crippen LogP contribution in [-0.2, 0) is 10.0 Å².